The third-order valence-corrected chi connectivity index (χ3v) is 7.35. The molecule has 0 unspecified atom stereocenters. The molecule has 5 rings (SSSR count). The van der Waals surface area contributed by atoms with Crippen LogP contribution in [0.15, 0.2) is 42.5 Å². The number of benzene rings is 2. The van der Waals surface area contributed by atoms with Crippen LogP contribution in [0.25, 0.3) is 10.9 Å². The first kappa shape index (κ1) is 21.7. The highest BCUT2D eigenvalue weighted by Crippen LogP contribution is 2.33. The fourth-order valence-corrected chi connectivity index (χ4v) is 5.44. The van der Waals surface area contributed by atoms with Gasteiger partial charge in [0, 0.05) is 36.1 Å². The molecule has 5 nitrogen and oxygen atoms in total. The zero-order chi connectivity index (χ0) is 22.8. The monoisotopic (exact) mass is 444 g/mol. The van der Waals surface area contributed by atoms with E-state index in [4.69, 9.17) is 0 Å². The number of halogens is 1. The van der Waals surface area contributed by atoms with Crippen LogP contribution in [0, 0.1) is 17.1 Å². The number of hydrogen-bond acceptors (Lipinski definition) is 3. The second-order valence-corrected chi connectivity index (χ2v) is 9.58. The van der Waals surface area contributed by atoms with Crippen LogP contribution in [0.4, 0.5) is 4.39 Å². The average molecular weight is 445 g/mol. The number of nitrogens with one attached hydrogen (secondary N) is 2. The van der Waals surface area contributed by atoms with E-state index in [0.717, 1.165) is 63.5 Å². The van der Waals surface area contributed by atoms with Crippen molar-refractivity contribution >= 4 is 16.8 Å². The molecule has 2 aliphatic rings. The maximum atomic E-state index is 13.6. The number of nitriles is 1. The second kappa shape index (κ2) is 8.99. The van der Waals surface area contributed by atoms with E-state index in [-0.39, 0.29) is 17.3 Å². The number of hydrogen-bond donors (Lipinski definition) is 2. The average Bonchev–Trinajstić information content (AvgIpc) is 3.26. The molecular weight excluding hydrogens is 415 g/mol. The third-order valence-electron chi connectivity index (χ3n) is 7.35. The van der Waals surface area contributed by atoms with Crippen LogP contribution in [0.3, 0.4) is 0 Å². The van der Waals surface area contributed by atoms with Crippen molar-refractivity contribution < 1.29 is 9.18 Å². The normalized spacial score (nSPS) is 17.9. The topological polar surface area (TPSA) is 71.9 Å². The largest absolute Gasteiger partial charge is 0.350 e. The van der Waals surface area contributed by atoms with Crippen molar-refractivity contribution in [3.8, 4) is 6.07 Å². The number of H-pyrrole nitrogens is 1. The summed E-state index contributed by atoms with van der Waals surface area (Å²) in [6.07, 6.45) is 7.30. The summed E-state index contributed by atoms with van der Waals surface area (Å²) in [5, 5.41) is 13.4. The number of fused-ring (bicyclic) bond motifs is 2. The van der Waals surface area contributed by atoms with Crippen molar-refractivity contribution in [2.45, 2.75) is 57.0 Å². The van der Waals surface area contributed by atoms with Gasteiger partial charge in [0.1, 0.15) is 11.5 Å². The van der Waals surface area contributed by atoms with Crippen LogP contribution < -0.4 is 5.32 Å². The summed E-state index contributed by atoms with van der Waals surface area (Å²) in [7, 11) is 0. The highest BCUT2D eigenvalue weighted by atomic mass is 19.1. The predicted molar refractivity (Wildman–Crippen MR) is 126 cm³/mol. The Hall–Kier alpha value is -3.17. The molecule has 6 heteroatoms. The number of rotatable bonds is 5. The van der Waals surface area contributed by atoms with Gasteiger partial charge in [-0.2, -0.15) is 5.26 Å². The van der Waals surface area contributed by atoms with E-state index in [1.165, 1.54) is 29.7 Å². The summed E-state index contributed by atoms with van der Waals surface area (Å²) in [5.74, 6) is -0.429. The lowest BCUT2D eigenvalue weighted by Gasteiger charge is -2.40. The minimum Gasteiger partial charge on any atom is -0.350 e. The highest BCUT2D eigenvalue weighted by Gasteiger charge is 2.34. The van der Waals surface area contributed by atoms with Crippen LogP contribution >= 0.6 is 0 Å². The molecular formula is C27H29FN4O. The number of aromatic nitrogens is 1. The van der Waals surface area contributed by atoms with E-state index in [0.29, 0.717) is 16.8 Å². The van der Waals surface area contributed by atoms with E-state index < -0.39 is 0 Å². The standard InChI is InChI=1S/C27H29FN4O/c28-23-7-6-21-15-25(30-24(21)16-23)26(33)31-27(9-2-1-3-10-27)11-13-32-12-8-20-5-4-19(17-29)14-22(20)18-32/h4-7,14-16,30H,1-3,8-13,18H2,(H,31,33). The maximum absolute atomic E-state index is 13.6. The van der Waals surface area contributed by atoms with Gasteiger partial charge < -0.3 is 10.3 Å². The smallest absolute Gasteiger partial charge is 0.268 e. The van der Waals surface area contributed by atoms with Crippen LogP contribution in [0.1, 0.15) is 65.7 Å². The van der Waals surface area contributed by atoms with Crippen LogP contribution in [-0.4, -0.2) is 34.4 Å². The minimum atomic E-state index is -0.315. The van der Waals surface area contributed by atoms with Gasteiger partial charge in [0.05, 0.1) is 11.6 Å². The van der Waals surface area contributed by atoms with Gasteiger partial charge in [-0.25, -0.2) is 4.39 Å². The molecule has 2 heterocycles. The van der Waals surface area contributed by atoms with Crippen molar-refractivity contribution in [1.82, 2.24) is 15.2 Å². The van der Waals surface area contributed by atoms with E-state index in [2.05, 4.69) is 27.3 Å². The van der Waals surface area contributed by atoms with E-state index in [1.807, 2.05) is 12.1 Å². The molecule has 0 bridgehead atoms. The molecule has 3 aromatic rings. The van der Waals surface area contributed by atoms with Gasteiger partial charge in [-0.3, -0.25) is 9.69 Å². The Kier molecular flexibility index (Phi) is 5.90. The molecule has 1 saturated carbocycles. The fraction of sp³-hybridized carbons (Fsp3) is 0.407. The van der Waals surface area contributed by atoms with Gasteiger partial charge in [0.15, 0.2) is 0 Å². The first-order valence-electron chi connectivity index (χ1n) is 11.9. The summed E-state index contributed by atoms with van der Waals surface area (Å²) >= 11 is 0. The molecule has 170 valence electrons. The molecule has 1 fully saturated rings. The molecule has 1 aliphatic carbocycles. The first-order valence-corrected chi connectivity index (χ1v) is 11.9. The van der Waals surface area contributed by atoms with Crippen molar-refractivity contribution in [1.29, 1.82) is 5.26 Å². The van der Waals surface area contributed by atoms with Crippen molar-refractivity contribution in [2.24, 2.45) is 0 Å². The number of carbonyl (C=O) groups is 1. The molecule has 33 heavy (non-hydrogen) atoms. The molecule has 0 atom stereocenters. The Morgan fingerprint density at radius 1 is 1.12 bits per heavy atom. The van der Waals surface area contributed by atoms with Gasteiger partial charge >= 0.3 is 0 Å². The molecule has 1 aromatic heterocycles. The molecule has 1 aliphatic heterocycles. The Morgan fingerprint density at radius 2 is 1.97 bits per heavy atom. The van der Waals surface area contributed by atoms with E-state index >= 15 is 0 Å². The summed E-state index contributed by atoms with van der Waals surface area (Å²) in [4.78, 5) is 18.7. The third kappa shape index (κ3) is 4.65. The lowest BCUT2D eigenvalue weighted by atomic mass is 9.79. The Balaban J connectivity index is 1.28. The van der Waals surface area contributed by atoms with Gasteiger partial charge in [-0.05, 0) is 73.2 Å². The fourth-order valence-electron chi connectivity index (χ4n) is 5.44. The number of aromatic amines is 1. The van der Waals surface area contributed by atoms with Crippen LogP contribution in [0.2, 0.25) is 0 Å². The maximum Gasteiger partial charge on any atom is 0.268 e. The van der Waals surface area contributed by atoms with Crippen LogP contribution in [0.5, 0.6) is 0 Å². The van der Waals surface area contributed by atoms with E-state index in [1.54, 1.807) is 12.1 Å². The SMILES string of the molecule is N#Cc1ccc2c(c1)CN(CCC1(NC(=O)c3cc4ccc(F)cc4[nH]3)CCCCC1)CC2. The summed E-state index contributed by atoms with van der Waals surface area (Å²) in [6, 6.07) is 14.6. The van der Waals surface area contributed by atoms with Crippen molar-refractivity contribution in [3.05, 3.63) is 70.7 Å². The molecule has 0 spiro atoms. The molecule has 2 aromatic carbocycles. The first-order chi connectivity index (χ1) is 16.0. The quantitative estimate of drug-likeness (QED) is 0.578. The lowest BCUT2D eigenvalue weighted by molar-refractivity contribution is 0.0836. The molecule has 2 N–H and O–H groups in total. The Morgan fingerprint density at radius 3 is 2.79 bits per heavy atom. The molecule has 0 saturated heterocycles. The van der Waals surface area contributed by atoms with Crippen LogP contribution in [-0.2, 0) is 13.0 Å². The summed E-state index contributed by atoms with van der Waals surface area (Å²) in [6.45, 7) is 2.76. The Bertz CT molecular complexity index is 1220. The predicted octanol–water partition coefficient (Wildman–Crippen LogP) is 5.06. The van der Waals surface area contributed by atoms with Crippen molar-refractivity contribution in [3.63, 3.8) is 0 Å². The van der Waals surface area contributed by atoms with Gasteiger partial charge in [0.2, 0.25) is 0 Å². The zero-order valence-corrected chi connectivity index (χ0v) is 18.8. The lowest BCUT2D eigenvalue weighted by Crippen LogP contribution is -2.51. The van der Waals surface area contributed by atoms with Gasteiger partial charge in [0.25, 0.3) is 5.91 Å². The number of nitrogens with zero attached hydrogens (tertiary/aromatic N) is 2. The number of amides is 1. The highest BCUT2D eigenvalue weighted by molar-refractivity contribution is 5.98. The summed E-state index contributed by atoms with van der Waals surface area (Å²) < 4.78 is 13.6. The molecule has 1 amide bonds. The second-order valence-electron chi connectivity index (χ2n) is 9.58. The summed E-state index contributed by atoms with van der Waals surface area (Å²) in [5.41, 5.74) is 4.20. The minimum absolute atomic E-state index is 0.115. The zero-order valence-electron chi connectivity index (χ0n) is 18.8. The van der Waals surface area contributed by atoms with Gasteiger partial charge in [-0.1, -0.05) is 25.3 Å². The van der Waals surface area contributed by atoms with Gasteiger partial charge in [-0.15, -0.1) is 0 Å². The Labute approximate surface area is 193 Å². The van der Waals surface area contributed by atoms with E-state index in [9.17, 15) is 14.4 Å². The van der Waals surface area contributed by atoms with Crippen molar-refractivity contribution in [2.75, 3.05) is 13.1 Å². The molecule has 0 radical (unpaired) electrons. The number of carbonyl (C=O) groups excluding carboxylic acids is 1.